The second kappa shape index (κ2) is 9.48. The van der Waals surface area contributed by atoms with Gasteiger partial charge in [-0.2, -0.15) is 10.3 Å². The van der Waals surface area contributed by atoms with E-state index in [0.717, 1.165) is 25.2 Å². The van der Waals surface area contributed by atoms with Gasteiger partial charge in [0.1, 0.15) is 5.69 Å². The molecule has 2 rings (SSSR count). The smallest absolute Gasteiger partial charge is 0.361 e. The van der Waals surface area contributed by atoms with E-state index in [-0.39, 0.29) is 5.69 Å². The Morgan fingerprint density at radius 3 is 2.23 bits per heavy atom. The van der Waals surface area contributed by atoms with Crippen LogP contribution in [0.4, 0.5) is 0 Å². The third-order valence-electron chi connectivity index (χ3n) is 3.90. The quantitative estimate of drug-likeness (QED) is 0.691. The Morgan fingerprint density at radius 2 is 1.69 bits per heavy atom. The topological polar surface area (TPSA) is 71.1 Å². The number of rotatable bonds is 9. The monoisotopic (exact) mass is 358 g/mol. The summed E-state index contributed by atoms with van der Waals surface area (Å²) in [6, 6.07) is 8.15. The summed E-state index contributed by atoms with van der Waals surface area (Å²) < 4.78 is 5.03. The van der Waals surface area contributed by atoms with Gasteiger partial charge in [0, 0.05) is 25.2 Å². The average molecular weight is 358 g/mol. The number of hydrogen-bond acceptors (Lipinski definition) is 5. The Hall–Kier alpha value is -2.21. The molecule has 0 saturated heterocycles. The number of carbonyl (C=O) groups excluding carboxylic acids is 1. The molecule has 0 bridgehead atoms. The van der Waals surface area contributed by atoms with E-state index in [2.05, 4.69) is 60.1 Å². The number of hydrogen-bond donors (Lipinski definition) is 1. The largest absolute Gasteiger partial charge is 0.461 e. The van der Waals surface area contributed by atoms with Crippen LogP contribution in [0.1, 0.15) is 50.7 Å². The van der Waals surface area contributed by atoms with Gasteiger partial charge in [0.2, 0.25) is 0 Å². The number of ether oxygens (including phenoxy) is 1. The van der Waals surface area contributed by atoms with Gasteiger partial charge in [0.05, 0.1) is 6.61 Å². The van der Waals surface area contributed by atoms with Crippen molar-refractivity contribution in [3.8, 4) is 11.3 Å². The van der Waals surface area contributed by atoms with Crippen LogP contribution in [0.15, 0.2) is 24.3 Å². The molecule has 6 heteroatoms. The molecule has 2 aromatic rings. The molecule has 1 N–H and O–H groups in total. The van der Waals surface area contributed by atoms with Crippen LogP contribution in [0.3, 0.4) is 0 Å². The van der Waals surface area contributed by atoms with Crippen molar-refractivity contribution in [2.24, 2.45) is 11.8 Å². The van der Waals surface area contributed by atoms with Gasteiger partial charge >= 0.3 is 5.97 Å². The molecule has 0 fully saturated rings. The van der Waals surface area contributed by atoms with E-state index >= 15 is 0 Å². The molecule has 0 spiro atoms. The maximum atomic E-state index is 12.0. The molecule has 0 aliphatic rings. The highest BCUT2D eigenvalue weighted by Gasteiger charge is 2.19. The molecule has 0 saturated carbocycles. The van der Waals surface area contributed by atoms with Gasteiger partial charge in [-0.15, -0.1) is 5.10 Å². The fourth-order valence-corrected chi connectivity index (χ4v) is 3.04. The number of nitrogens with one attached hydrogen (secondary N) is 1. The third-order valence-corrected chi connectivity index (χ3v) is 3.90. The second-order valence-electron chi connectivity index (χ2n) is 7.42. The van der Waals surface area contributed by atoms with Crippen molar-refractivity contribution < 1.29 is 9.53 Å². The summed E-state index contributed by atoms with van der Waals surface area (Å²) in [5.41, 5.74) is 2.85. The fraction of sp³-hybridized carbons (Fsp3) is 0.550. The normalized spacial score (nSPS) is 11.5. The summed E-state index contributed by atoms with van der Waals surface area (Å²) in [6.45, 7) is 14.1. The fourth-order valence-electron chi connectivity index (χ4n) is 3.04. The summed E-state index contributed by atoms with van der Waals surface area (Å²) in [7, 11) is 0. The zero-order valence-corrected chi connectivity index (χ0v) is 16.5. The van der Waals surface area contributed by atoms with E-state index in [0.29, 0.717) is 24.1 Å². The Kier molecular flexibility index (Phi) is 7.33. The summed E-state index contributed by atoms with van der Waals surface area (Å²) in [4.78, 5) is 14.5. The molecule has 142 valence electrons. The minimum Gasteiger partial charge on any atom is -0.461 e. The highest BCUT2D eigenvalue weighted by atomic mass is 16.5. The van der Waals surface area contributed by atoms with Crippen molar-refractivity contribution in [3.63, 3.8) is 0 Å². The highest BCUT2D eigenvalue weighted by Crippen LogP contribution is 2.21. The van der Waals surface area contributed by atoms with Crippen molar-refractivity contribution in [1.82, 2.24) is 20.3 Å². The van der Waals surface area contributed by atoms with Gasteiger partial charge in [-0.25, -0.2) is 4.79 Å². The Labute approximate surface area is 155 Å². The van der Waals surface area contributed by atoms with Crippen LogP contribution in [-0.2, 0) is 11.3 Å². The van der Waals surface area contributed by atoms with Gasteiger partial charge in [0.15, 0.2) is 5.69 Å². The lowest BCUT2D eigenvalue weighted by Gasteiger charge is -2.26. The predicted octanol–water partition coefficient (Wildman–Crippen LogP) is 3.76. The maximum Gasteiger partial charge on any atom is 0.361 e. The van der Waals surface area contributed by atoms with Crippen LogP contribution >= 0.6 is 0 Å². The molecule has 1 aromatic carbocycles. The Balaban J connectivity index is 2.13. The first-order chi connectivity index (χ1) is 12.4. The van der Waals surface area contributed by atoms with Crippen molar-refractivity contribution >= 4 is 5.97 Å². The molecular weight excluding hydrogens is 328 g/mol. The summed E-state index contributed by atoms with van der Waals surface area (Å²) in [6.07, 6.45) is 0. The summed E-state index contributed by atoms with van der Waals surface area (Å²) in [5, 5.41) is 10.6. The summed E-state index contributed by atoms with van der Waals surface area (Å²) in [5.74, 6) is 0.811. The van der Waals surface area contributed by atoms with Gasteiger partial charge in [-0.05, 0) is 24.3 Å². The summed E-state index contributed by atoms with van der Waals surface area (Å²) >= 11 is 0. The van der Waals surface area contributed by atoms with Crippen molar-refractivity contribution in [2.45, 2.75) is 41.2 Å². The van der Waals surface area contributed by atoms with Crippen LogP contribution in [-0.4, -0.2) is 46.0 Å². The number of esters is 1. The van der Waals surface area contributed by atoms with E-state index in [1.54, 1.807) is 6.92 Å². The van der Waals surface area contributed by atoms with Crippen LogP contribution < -0.4 is 0 Å². The molecule has 26 heavy (non-hydrogen) atoms. The first-order valence-electron chi connectivity index (χ1n) is 9.30. The van der Waals surface area contributed by atoms with Crippen molar-refractivity contribution in [1.29, 1.82) is 0 Å². The minimum absolute atomic E-state index is 0.223. The van der Waals surface area contributed by atoms with Crippen molar-refractivity contribution in [3.05, 3.63) is 35.5 Å². The zero-order chi connectivity index (χ0) is 19.1. The van der Waals surface area contributed by atoms with Crippen LogP contribution in [0.5, 0.6) is 0 Å². The van der Waals surface area contributed by atoms with E-state index in [4.69, 9.17) is 4.74 Å². The molecular formula is C20H30N4O2. The van der Waals surface area contributed by atoms with Crippen molar-refractivity contribution in [2.75, 3.05) is 19.7 Å². The number of H-pyrrole nitrogens is 1. The lowest BCUT2D eigenvalue weighted by Crippen LogP contribution is -2.30. The van der Waals surface area contributed by atoms with Gasteiger partial charge in [0.25, 0.3) is 0 Å². The standard InChI is InChI=1S/C20H30N4O2/c1-6-26-20(25)19-18(21-23-22-19)17-9-7-16(8-10-17)13-24(11-14(2)3)12-15(4)5/h7-10,14-15H,6,11-13H2,1-5H3,(H,21,22,23). The highest BCUT2D eigenvalue weighted by molar-refractivity contribution is 5.93. The lowest BCUT2D eigenvalue weighted by atomic mass is 10.1. The van der Waals surface area contributed by atoms with Crippen LogP contribution in [0.25, 0.3) is 11.3 Å². The van der Waals surface area contributed by atoms with Gasteiger partial charge in [-0.1, -0.05) is 52.0 Å². The molecule has 0 amide bonds. The number of aromatic amines is 1. The lowest BCUT2D eigenvalue weighted by molar-refractivity contribution is 0.0520. The van der Waals surface area contributed by atoms with Gasteiger partial charge in [-0.3, -0.25) is 4.90 Å². The molecule has 0 atom stereocenters. The average Bonchev–Trinajstić information content (AvgIpc) is 3.04. The predicted molar refractivity (Wildman–Crippen MR) is 103 cm³/mol. The van der Waals surface area contributed by atoms with E-state index in [1.165, 1.54) is 5.56 Å². The van der Waals surface area contributed by atoms with Gasteiger partial charge < -0.3 is 4.74 Å². The Bertz CT molecular complexity index is 682. The first-order valence-corrected chi connectivity index (χ1v) is 9.30. The van der Waals surface area contributed by atoms with E-state index in [1.807, 2.05) is 12.1 Å². The number of benzene rings is 1. The van der Waals surface area contributed by atoms with Crippen LogP contribution in [0, 0.1) is 11.8 Å². The molecule has 0 aliphatic heterocycles. The molecule has 0 aliphatic carbocycles. The third kappa shape index (κ3) is 5.66. The SMILES string of the molecule is CCOC(=O)c1n[nH]nc1-c1ccc(CN(CC(C)C)CC(C)C)cc1. The molecule has 1 aromatic heterocycles. The number of nitrogens with zero attached hydrogens (tertiary/aromatic N) is 3. The maximum absolute atomic E-state index is 12.0. The van der Waals surface area contributed by atoms with Crippen LogP contribution in [0.2, 0.25) is 0 Å². The molecule has 0 radical (unpaired) electrons. The number of aromatic nitrogens is 3. The molecule has 0 unspecified atom stereocenters. The second-order valence-corrected chi connectivity index (χ2v) is 7.42. The Morgan fingerprint density at radius 1 is 1.08 bits per heavy atom. The first kappa shape index (κ1) is 20.1. The van der Waals surface area contributed by atoms with E-state index < -0.39 is 5.97 Å². The van der Waals surface area contributed by atoms with E-state index in [9.17, 15) is 4.79 Å². The molecule has 1 heterocycles. The minimum atomic E-state index is -0.458. The number of carbonyl (C=O) groups is 1. The molecule has 6 nitrogen and oxygen atoms in total. The zero-order valence-electron chi connectivity index (χ0n) is 16.5.